The molecule has 1 heterocycles. The summed E-state index contributed by atoms with van der Waals surface area (Å²) in [5.41, 5.74) is 2.42. The second-order valence-corrected chi connectivity index (χ2v) is 9.57. The van der Waals surface area contributed by atoms with E-state index in [4.69, 9.17) is 31.2 Å². The van der Waals surface area contributed by atoms with Crippen molar-refractivity contribution in [2.45, 2.75) is 13.5 Å². The number of hydrogen-bond donors (Lipinski definition) is 0. The second-order valence-electron chi connectivity index (χ2n) is 8.35. The number of halogens is 1. The highest BCUT2D eigenvalue weighted by Gasteiger charge is 2.40. The predicted molar refractivity (Wildman–Crippen MR) is 156 cm³/mol. The van der Waals surface area contributed by atoms with Gasteiger partial charge in [-0.05, 0) is 88.7 Å². The lowest BCUT2D eigenvalue weighted by atomic mass is 10.1. The van der Waals surface area contributed by atoms with E-state index < -0.39 is 5.97 Å². The zero-order valence-electron chi connectivity index (χ0n) is 21.7. The van der Waals surface area contributed by atoms with Crippen LogP contribution in [0, 0.1) is 0 Å². The molecule has 4 rings (SSSR count). The summed E-state index contributed by atoms with van der Waals surface area (Å²) < 4.78 is 22.7. The fourth-order valence-corrected chi connectivity index (χ4v) is 4.87. The van der Waals surface area contributed by atoms with Crippen molar-refractivity contribution in [3.63, 3.8) is 0 Å². The third kappa shape index (κ3) is 6.40. The average molecular weight is 612 g/mol. The highest BCUT2D eigenvalue weighted by Crippen LogP contribution is 2.39. The van der Waals surface area contributed by atoms with Gasteiger partial charge in [-0.1, -0.05) is 30.3 Å². The number of ether oxygens (including phenoxy) is 4. The average Bonchev–Trinajstić information content (AvgIpc) is 3.17. The summed E-state index contributed by atoms with van der Waals surface area (Å²) in [7, 11) is 2.85. The monoisotopic (exact) mass is 610 g/mol. The maximum absolute atomic E-state index is 13.7. The van der Waals surface area contributed by atoms with Gasteiger partial charge < -0.3 is 23.8 Å². The molecule has 0 atom stereocenters. The van der Waals surface area contributed by atoms with Crippen molar-refractivity contribution in [1.29, 1.82) is 0 Å². The van der Waals surface area contributed by atoms with Gasteiger partial charge in [0.1, 0.15) is 24.6 Å². The first-order chi connectivity index (χ1) is 18.9. The van der Waals surface area contributed by atoms with Crippen LogP contribution in [0.2, 0.25) is 0 Å². The molecule has 0 aliphatic carbocycles. The topological polar surface area (TPSA) is 77.5 Å². The molecule has 3 aromatic carbocycles. The highest BCUT2D eigenvalue weighted by atomic mass is 79.9. The van der Waals surface area contributed by atoms with Gasteiger partial charge in [-0.15, -0.1) is 0 Å². The standard InChI is InChI=1S/C29H27BrN2O6S/c1-4-37-25-16-20(14-23(30)27(25)38-18-19-8-6-5-7-9-19)15-24-28(34)32(21-10-12-22(35-2)13-11-21)29(39)31(24)17-26(33)36-3/h5-16H,4,17-18H2,1-3H3/b24-15-. The van der Waals surface area contributed by atoms with Gasteiger partial charge in [0.15, 0.2) is 16.6 Å². The molecule has 0 aromatic heterocycles. The smallest absolute Gasteiger partial charge is 0.325 e. The molecule has 0 N–H and O–H groups in total. The molecule has 0 spiro atoms. The van der Waals surface area contributed by atoms with Crippen LogP contribution in [0.5, 0.6) is 17.2 Å². The maximum atomic E-state index is 13.7. The fraction of sp³-hybridized carbons (Fsp3) is 0.207. The highest BCUT2D eigenvalue weighted by molar-refractivity contribution is 9.10. The maximum Gasteiger partial charge on any atom is 0.325 e. The van der Waals surface area contributed by atoms with Gasteiger partial charge in [-0.3, -0.25) is 14.5 Å². The van der Waals surface area contributed by atoms with Crippen LogP contribution in [0.15, 0.2) is 76.9 Å². The molecule has 0 bridgehead atoms. The minimum absolute atomic E-state index is 0.161. The molecule has 0 unspecified atom stereocenters. The number of anilines is 1. The number of carbonyl (C=O) groups is 2. The summed E-state index contributed by atoms with van der Waals surface area (Å²) >= 11 is 9.23. The van der Waals surface area contributed by atoms with E-state index in [9.17, 15) is 9.59 Å². The van der Waals surface area contributed by atoms with E-state index in [-0.39, 0.29) is 23.3 Å². The summed E-state index contributed by atoms with van der Waals surface area (Å²) in [6, 6.07) is 20.3. The van der Waals surface area contributed by atoms with Crippen LogP contribution in [0.4, 0.5) is 5.69 Å². The molecule has 1 aliphatic rings. The van der Waals surface area contributed by atoms with Crippen molar-refractivity contribution in [2.24, 2.45) is 0 Å². The molecule has 10 heteroatoms. The summed E-state index contributed by atoms with van der Waals surface area (Å²) in [4.78, 5) is 28.7. The van der Waals surface area contributed by atoms with E-state index in [0.29, 0.717) is 46.2 Å². The molecule has 39 heavy (non-hydrogen) atoms. The molecule has 0 radical (unpaired) electrons. The summed E-state index contributed by atoms with van der Waals surface area (Å²) in [6.45, 7) is 2.43. The van der Waals surface area contributed by atoms with E-state index in [1.54, 1.807) is 43.5 Å². The Morgan fingerprint density at radius 3 is 2.38 bits per heavy atom. The van der Waals surface area contributed by atoms with Crippen LogP contribution >= 0.6 is 28.1 Å². The van der Waals surface area contributed by atoms with Crippen LogP contribution in [0.25, 0.3) is 6.08 Å². The van der Waals surface area contributed by atoms with Crippen molar-refractivity contribution < 1.29 is 28.5 Å². The largest absolute Gasteiger partial charge is 0.497 e. The van der Waals surface area contributed by atoms with E-state index >= 15 is 0 Å². The molecule has 8 nitrogen and oxygen atoms in total. The normalized spacial score (nSPS) is 14.1. The third-order valence-corrected chi connectivity index (χ3v) is 6.83. The second kappa shape index (κ2) is 12.8. The van der Waals surface area contributed by atoms with E-state index in [2.05, 4.69) is 15.9 Å². The number of thiocarbonyl (C=S) groups is 1. The Balaban J connectivity index is 1.71. The lowest BCUT2D eigenvalue weighted by Crippen LogP contribution is -2.35. The molecule has 1 saturated heterocycles. The van der Waals surface area contributed by atoms with Crippen molar-refractivity contribution in [1.82, 2.24) is 4.90 Å². The molecule has 1 amide bonds. The van der Waals surface area contributed by atoms with Crippen LogP contribution in [0.1, 0.15) is 18.1 Å². The Labute approximate surface area is 240 Å². The van der Waals surface area contributed by atoms with Crippen molar-refractivity contribution >= 4 is 56.9 Å². The van der Waals surface area contributed by atoms with E-state index in [0.717, 1.165) is 5.56 Å². The van der Waals surface area contributed by atoms with Gasteiger partial charge in [0.25, 0.3) is 5.91 Å². The number of methoxy groups -OCH3 is 2. The Morgan fingerprint density at radius 1 is 1.03 bits per heavy atom. The quantitative estimate of drug-likeness (QED) is 0.167. The minimum Gasteiger partial charge on any atom is -0.497 e. The Bertz CT molecular complexity index is 1390. The predicted octanol–water partition coefficient (Wildman–Crippen LogP) is 5.58. The molecule has 1 fully saturated rings. The van der Waals surface area contributed by atoms with Crippen molar-refractivity contribution in [3.05, 3.63) is 88.0 Å². The zero-order chi connectivity index (χ0) is 27.9. The minimum atomic E-state index is -0.534. The van der Waals surface area contributed by atoms with Crippen molar-refractivity contribution in [2.75, 3.05) is 32.3 Å². The number of nitrogens with zero attached hydrogens (tertiary/aromatic N) is 2. The number of benzene rings is 3. The fourth-order valence-electron chi connectivity index (χ4n) is 3.95. The van der Waals surface area contributed by atoms with Gasteiger partial charge in [-0.2, -0.15) is 0 Å². The zero-order valence-corrected chi connectivity index (χ0v) is 24.1. The van der Waals surface area contributed by atoms with Crippen molar-refractivity contribution in [3.8, 4) is 17.2 Å². The summed E-state index contributed by atoms with van der Waals surface area (Å²) in [6.07, 6.45) is 1.66. The molecule has 3 aromatic rings. The SMILES string of the molecule is CCOc1cc(/C=C2/C(=O)N(c3ccc(OC)cc3)C(=S)N2CC(=O)OC)cc(Br)c1OCc1ccccc1. The molecular formula is C29H27BrN2O6S. The molecular weight excluding hydrogens is 584 g/mol. The first-order valence-electron chi connectivity index (χ1n) is 12.1. The third-order valence-electron chi connectivity index (χ3n) is 5.84. The van der Waals surface area contributed by atoms with Gasteiger partial charge >= 0.3 is 5.97 Å². The van der Waals surface area contributed by atoms with Crippen LogP contribution in [-0.2, 0) is 20.9 Å². The van der Waals surface area contributed by atoms with E-state index in [1.807, 2.05) is 43.3 Å². The van der Waals surface area contributed by atoms with Gasteiger partial charge in [0.05, 0.1) is 31.0 Å². The lowest BCUT2D eigenvalue weighted by Gasteiger charge is -2.19. The van der Waals surface area contributed by atoms with Gasteiger partial charge in [-0.25, -0.2) is 0 Å². The van der Waals surface area contributed by atoms with Crippen LogP contribution in [0.3, 0.4) is 0 Å². The lowest BCUT2D eigenvalue weighted by molar-refractivity contribution is -0.140. The Kier molecular flexibility index (Phi) is 9.21. The number of rotatable bonds is 10. The van der Waals surface area contributed by atoms with Crippen LogP contribution < -0.4 is 19.1 Å². The number of hydrogen-bond acceptors (Lipinski definition) is 7. The van der Waals surface area contributed by atoms with Gasteiger partial charge in [0.2, 0.25) is 0 Å². The summed E-state index contributed by atoms with van der Waals surface area (Å²) in [5.74, 6) is 0.777. The molecule has 202 valence electrons. The van der Waals surface area contributed by atoms with Crippen LogP contribution in [-0.4, -0.2) is 49.3 Å². The number of carbonyl (C=O) groups excluding carboxylic acids is 2. The molecule has 0 saturated carbocycles. The Hall–Kier alpha value is -3.89. The Morgan fingerprint density at radius 2 is 1.74 bits per heavy atom. The number of esters is 1. The molecule has 1 aliphatic heterocycles. The van der Waals surface area contributed by atoms with Gasteiger partial charge in [0, 0.05) is 0 Å². The van der Waals surface area contributed by atoms with E-state index in [1.165, 1.54) is 16.9 Å². The summed E-state index contributed by atoms with van der Waals surface area (Å²) in [5, 5.41) is 0.161. The number of amides is 1. The first-order valence-corrected chi connectivity index (χ1v) is 13.3. The first kappa shape index (κ1) is 28.1.